The summed E-state index contributed by atoms with van der Waals surface area (Å²) >= 11 is 3.25. The van der Waals surface area contributed by atoms with Crippen molar-refractivity contribution < 1.29 is 9.90 Å². The molecule has 132 valence electrons. The van der Waals surface area contributed by atoms with E-state index in [1.165, 1.54) is 24.1 Å². The Morgan fingerprint density at radius 2 is 2.04 bits per heavy atom. The Kier molecular flexibility index (Phi) is 4.51. The van der Waals surface area contributed by atoms with E-state index in [0.29, 0.717) is 10.0 Å². The molecular formula is C20H18BrN3O2. The lowest BCUT2D eigenvalue weighted by Gasteiger charge is -2.10. The zero-order chi connectivity index (χ0) is 18.1. The van der Waals surface area contributed by atoms with Gasteiger partial charge in [0.05, 0.1) is 10.7 Å². The summed E-state index contributed by atoms with van der Waals surface area (Å²) in [5.74, 6) is -0.0823. The summed E-state index contributed by atoms with van der Waals surface area (Å²) in [5.41, 5.74) is 7.66. The smallest absolute Gasteiger partial charge is 0.271 e. The third-order valence-electron chi connectivity index (χ3n) is 4.71. The Balaban J connectivity index is 1.52. The molecule has 3 N–H and O–H groups in total. The lowest BCUT2D eigenvalue weighted by atomic mass is 9.95. The number of aromatic hydroxyl groups is 1. The van der Waals surface area contributed by atoms with Crippen LogP contribution in [0.15, 0.2) is 46.0 Å². The zero-order valence-corrected chi connectivity index (χ0v) is 15.6. The number of carbonyl (C=O) groups is 1. The van der Waals surface area contributed by atoms with Crippen LogP contribution in [0.5, 0.6) is 5.75 Å². The molecule has 0 bridgehead atoms. The average Bonchev–Trinajstić information content (AvgIpc) is 3.02. The highest BCUT2D eigenvalue weighted by atomic mass is 79.9. The Morgan fingerprint density at radius 1 is 1.19 bits per heavy atom. The Bertz CT molecular complexity index is 1020. The predicted octanol–water partition coefficient (Wildman–Crippen LogP) is 4.28. The van der Waals surface area contributed by atoms with Gasteiger partial charge in [-0.05, 0) is 89.1 Å². The fourth-order valence-corrected chi connectivity index (χ4v) is 3.78. The molecule has 4 rings (SSSR count). The molecule has 1 aliphatic carbocycles. The summed E-state index contributed by atoms with van der Waals surface area (Å²) in [6.45, 7) is 0. The van der Waals surface area contributed by atoms with Crippen LogP contribution in [0.25, 0.3) is 10.9 Å². The standard InChI is InChI=1S/C20H18BrN3O2/c21-16-9-12(5-8-19(16)25)11-22-24-20(26)13-6-7-18-15(10-13)14-3-1-2-4-17(14)23-18/h5-11,23,25H,1-4H2,(H,24,26)/b22-11-. The number of rotatable bonds is 3. The van der Waals surface area contributed by atoms with Gasteiger partial charge in [0.15, 0.2) is 0 Å². The van der Waals surface area contributed by atoms with Gasteiger partial charge in [0, 0.05) is 22.2 Å². The molecular weight excluding hydrogens is 394 g/mol. The SMILES string of the molecule is O=C(N/N=C\c1ccc(O)c(Br)c1)c1ccc2[nH]c3c(c2c1)CCCC3. The summed E-state index contributed by atoms with van der Waals surface area (Å²) < 4.78 is 0.579. The number of aromatic amines is 1. The number of hydrogen-bond acceptors (Lipinski definition) is 3. The van der Waals surface area contributed by atoms with Gasteiger partial charge in [-0.15, -0.1) is 0 Å². The van der Waals surface area contributed by atoms with Crippen molar-refractivity contribution in [3.63, 3.8) is 0 Å². The van der Waals surface area contributed by atoms with E-state index in [0.717, 1.165) is 29.3 Å². The lowest BCUT2D eigenvalue weighted by molar-refractivity contribution is 0.0955. The number of H-pyrrole nitrogens is 1. The van der Waals surface area contributed by atoms with E-state index in [9.17, 15) is 9.90 Å². The van der Waals surface area contributed by atoms with Crippen molar-refractivity contribution in [3.8, 4) is 5.75 Å². The summed E-state index contributed by atoms with van der Waals surface area (Å²) in [5, 5.41) is 14.6. The third kappa shape index (κ3) is 3.24. The first-order valence-corrected chi connectivity index (χ1v) is 9.36. The van der Waals surface area contributed by atoms with Crippen LogP contribution in [0.1, 0.15) is 40.0 Å². The highest BCUT2D eigenvalue weighted by Gasteiger charge is 2.16. The van der Waals surface area contributed by atoms with Crippen molar-refractivity contribution in [3.05, 3.63) is 63.3 Å². The van der Waals surface area contributed by atoms with E-state index in [1.54, 1.807) is 24.4 Å². The topological polar surface area (TPSA) is 77.5 Å². The number of hydrogen-bond donors (Lipinski definition) is 3. The third-order valence-corrected chi connectivity index (χ3v) is 5.35. The molecule has 0 saturated carbocycles. The molecule has 0 spiro atoms. The first-order chi connectivity index (χ1) is 12.6. The van der Waals surface area contributed by atoms with Gasteiger partial charge in [-0.3, -0.25) is 4.79 Å². The molecule has 0 saturated heterocycles. The predicted molar refractivity (Wildman–Crippen MR) is 106 cm³/mol. The second-order valence-corrected chi connectivity index (χ2v) is 7.31. The van der Waals surface area contributed by atoms with Gasteiger partial charge in [0.25, 0.3) is 5.91 Å². The molecule has 5 nitrogen and oxygen atoms in total. The minimum Gasteiger partial charge on any atom is -0.507 e. The maximum Gasteiger partial charge on any atom is 0.271 e. The van der Waals surface area contributed by atoms with Crippen molar-refractivity contribution in [2.75, 3.05) is 0 Å². The average molecular weight is 412 g/mol. The largest absolute Gasteiger partial charge is 0.507 e. The molecule has 3 aromatic rings. The number of phenolic OH excluding ortho intramolecular Hbond substituents is 1. The fourth-order valence-electron chi connectivity index (χ4n) is 3.38. The monoisotopic (exact) mass is 411 g/mol. The quantitative estimate of drug-likeness (QED) is 0.444. The number of halogens is 1. The molecule has 2 aromatic carbocycles. The Hall–Kier alpha value is -2.60. The summed E-state index contributed by atoms with van der Waals surface area (Å²) in [6.07, 6.45) is 6.10. The molecule has 0 fully saturated rings. The molecule has 0 unspecified atom stereocenters. The van der Waals surface area contributed by atoms with E-state index >= 15 is 0 Å². The van der Waals surface area contributed by atoms with Crippen LogP contribution in [0.2, 0.25) is 0 Å². The van der Waals surface area contributed by atoms with Crippen molar-refractivity contribution >= 4 is 39.0 Å². The van der Waals surface area contributed by atoms with E-state index < -0.39 is 0 Å². The Morgan fingerprint density at radius 3 is 2.88 bits per heavy atom. The number of nitrogens with zero attached hydrogens (tertiary/aromatic N) is 1. The van der Waals surface area contributed by atoms with Crippen LogP contribution in [0, 0.1) is 0 Å². The first kappa shape index (κ1) is 16.8. The van der Waals surface area contributed by atoms with Crippen molar-refractivity contribution in [1.82, 2.24) is 10.4 Å². The number of fused-ring (bicyclic) bond motifs is 3. The van der Waals surface area contributed by atoms with Gasteiger partial charge in [-0.2, -0.15) is 5.10 Å². The van der Waals surface area contributed by atoms with Crippen LogP contribution in [-0.2, 0) is 12.8 Å². The maximum absolute atomic E-state index is 12.4. The van der Waals surface area contributed by atoms with Crippen LogP contribution < -0.4 is 5.43 Å². The minimum atomic E-state index is -0.244. The van der Waals surface area contributed by atoms with E-state index in [-0.39, 0.29) is 11.7 Å². The van der Waals surface area contributed by atoms with Crippen molar-refractivity contribution in [2.24, 2.45) is 5.10 Å². The molecule has 0 atom stereocenters. The number of phenols is 1. The number of aromatic nitrogens is 1. The highest BCUT2D eigenvalue weighted by molar-refractivity contribution is 9.10. The summed E-state index contributed by atoms with van der Waals surface area (Å²) in [7, 11) is 0. The molecule has 0 aliphatic heterocycles. The van der Waals surface area contributed by atoms with E-state index in [1.807, 2.05) is 18.2 Å². The molecule has 0 radical (unpaired) electrons. The van der Waals surface area contributed by atoms with Crippen LogP contribution in [0.3, 0.4) is 0 Å². The van der Waals surface area contributed by atoms with E-state index in [4.69, 9.17) is 0 Å². The molecule has 1 aliphatic rings. The number of aryl methyl sites for hydroxylation is 2. The fraction of sp³-hybridized carbons (Fsp3) is 0.200. The van der Waals surface area contributed by atoms with Gasteiger partial charge in [-0.1, -0.05) is 0 Å². The first-order valence-electron chi connectivity index (χ1n) is 8.57. The zero-order valence-electron chi connectivity index (χ0n) is 14.1. The molecule has 1 heterocycles. The maximum atomic E-state index is 12.4. The minimum absolute atomic E-state index is 0.161. The number of carbonyl (C=O) groups excluding carboxylic acids is 1. The molecule has 6 heteroatoms. The number of nitrogens with one attached hydrogen (secondary N) is 2. The highest BCUT2D eigenvalue weighted by Crippen LogP contribution is 2.29. The molecule has 1 amide bonds. The summed E-state index contributed by atoms with van der Waals surface area (Å²) in [4.78, 5) is 15.9. The molecule has 1 aromatic heterocycles. The Labute approximate surface area is 159 Å². The number of amides is 1. The van der Waals surface area contributed by atoms with Gasteiger partial charge in [-0.25, -0.2) is 5.43 Å². The molecule has 26 heavy (non-hydrogen) atoms. The van der Waals surface area contributed by atoms with Crippen LogP contribution in [-0.4, -0.2) is 22.2 Å². The van der Waals surface area contributed by atoms with Crippen LogP contribution in [0.4, 0.5) is 0 Å². The van der Waals surface area contributed by atoms with Gasteiger partial charge < -0.3 is 10.1 Å². The van der Waals surface area contributed by atoms with Crippen molar-refractivity contribution in [2.45, 2.75) is 25.7 Å². The normalized spacial score (nSPS) is 13.9. The second kappa shape index (κ2) is 6.96. The van der Waals surface area contributed by atoms with E-state index in [2.05, 4.69) is 31.4 Å². The number of hydrazone groups is 1. The lowest BCUT2D eigenvalue weighted by Crippen LogP contribution is -2.17. The van der Waals surface area contributed by atoms with Crippen LogP contribution >= 0.6 is 15.9 Å². The van der Waals surface area contributed by atoms with Gasteiger partial charge in [0.2, 0.25) is 0 Å². The van der Waals surface area contributed by atoms with Gasteiger partial charge in [0.1, 0.15) is 5.75 Å². The number of benzene rings is 2. The van der Waals surface area contributed by atoms with Crippen molar-refractivity contribution in [1.29, 1.82) is 0 Å². The second-order valence-electron chi connectivity index (χ2n) is 6.46. The summed E-state index contributed by atoms with van der Waals surface area (Å²) in [6, 6.07) is 10.7. The van der Waals surface area contributed by atoms with Gasteiger partial charge >= 0.3 is 0 Å².